The lowest BCUT2D eigenvalue weighted by Crippen LogP contribution is -1.98. The minimum absolute atomic E-state index is 0.683. The molecule has 5 heteroatoms. The molecule has 2 rings (SSSR count). The molecule has 2 aromatic rings. The first kappa shape index (κ1) is 16.4. The fraction of sp³-hybridized carbons (Fsp3) is 0.235. The van der Waals surface area contributed by atoms with Gasteiger partial charge in [0.25, 0.3) is 0 Å². The summed E-state index contributed by atoms with van der Waals surface area (Å²) in [7, 11) is 0. The molecule has 0 saturated carbocycles. The molecule has 2 heterocycles. The van der Waals surface area contributed by atoms with Crippen LogP contribution >= 0.6 is 15.9 Å². The van der Waals surface area contributed by atoms with Crippen LogP contribution in [0.4, 0.5) is 0 Å². The molecule has 0 amide bonds. The van der Waals surface area contributed by atoms with Crippen molar-refractivity contribution in [3.63, 3.8) is 0 Å². The monoisotopic (exact) mass is 358 g/mol. The first-order chi connectivity index (χ1) is 10.5. The number of hydrogen-bond acceptors (Lipinski definition) is 4. The predicted octanol–water partition coefficient (Wildman–Crippen LogP) is 3.47. The average Bonchev–Trinajstić information content (AvgIpc) is 2.45. The van der Waals surface area contributed by atoms with E-state index in [4.69, 9.17) is 5.73 Å². The number of aryl methyl sites for hydroxylation is 2. The summed E-state index contributed by atoms with van der Waals surface area (Å²) in [6.07, 6.45) is 6.12. The molecule has 0 unspecified atom stereocenters. The number of rotatable bonds is 5. The molecule has 114 valence electrons. The van der Waals surface area contributed by atoms with Crippen molar-refractivity contribution >= 4 is 27.8 Å². The van der Waals surface area contributed by atoms with E-state index in [1.165, 1.54) is 0 Å². The highest BCUT2D eigenvalue weighted by Crippen LogP contribution is 2.12. The summed E-state index contributed by atoms with van der Waals surface area (Å²) >= 11 is 3.48. The molecule has 0 spiro atoms. The number of pyridine rings is 2. The second-order valence-electron chi connectivity index (χ2n) is 5.03. The Bertz CT molecular complexity index is 687. The average molecular weight is 359 g/mol. The minimum Gasteiger partial charge on any atom is -0.398 e. The highest BCUT2D eigenvalue weighted by molar-refractivity contribution is 9.10. The van der Waals surface area contributed by atoms with Crippen LogP contribution in [0.2, 0.25) is 0 Å². The molecule has 2 N–H and O–H groups in total. The van der Waals surface area contributed by atoms with Crippen molar-refractivity contribution in [2.45, 2.75) is 20.3 Å². The predicted molar refractivity (Wildman–Crippen MR) is 94.9 cm³/mol. The number of aromatic nitrogens is 2. The van der Waals surface area contributed by atoms with E-state index >= 15 is 0 Å². The topological polar surface area (TPSA) is 64.2 Å². The van der Waals surface area contributed by atoms with Gasteiger partial charge in [-0.15, -0.1) is 0 Å². The van der Waals surface area contributed by atoms with Crippen LogP contribution in [0.5, 0.6) is 0 Å². The number of allylic oxidation sites excluding steroid dienone is 1. The molecule has 0 aromatic carbocycles. The summed E-state index contributed by atoms with van der Waals surface area (Å²) < 4.78 is 1.05. The van der Waals surface area contributed by atoms with Gasteiger partial charge in [-0.3, -0.25) is 15.0 Å². The van der Waals surface area contributed by atoms with Crippen LogP contribution in [-0.2, 0) is 6.42 Å². The van der Waals surface area contributed by atoms with Crippen molar-refractivity contribution in [1.82, 2.24) is 9.97 Å². The van der Waals surface area contributed by atoms with Crippen LogP contribution < -0.4 is 5.73 Å². The molecule has 0 radical (unpaired) electrons. The standard InChI is InChI=1S/C17H19BrN4/c1-12-9-14(3-8-21-12)17(19)5-7-20-6-4-16-11-15(18)10-13(2)22-16/h3,5,7-11H,4,6,19H2,1-2H3. The van der Waals surface area contributed by atoms with Gasteiger partial charge in [0.05, 0.1) is 0 Å². The van der Waals surface area contributed by atoms with E-state index in [-0.39, 0.29) is 0 Å². The van der Waals surface area contributed by atoms with Crippen LogP contribution in [0, 0.1) is 13.8 Å². The van der Waals surface area contributed by atoms with E-state index in [0.717, 1.165) is 33.5 Å². The Morgan fingerprint density at radius 2 is 2.09 bits per heavy atom. The van der Waals surface area contributed by atoms with Crippen LogP contribution in [0.1, 0.15) is 22.6 Å². The van der Waals surface area contributed by atoms with Crippen molar-refractivity contribution < 1.29 is 0 Å². The summed E-state index contributed by atoms with van der Waals surface area (Å²) in [5, 5.41) is 0. The Hall–Kier alpha value is -2.01. The van der Waals surface area contributed by atoms with Crippen molar-refractivity contribution in [1.29, 1.82) is 0 Å². The van der Waals surface area contributed by atoms with E-state index in [1.54, 1.807) is 12.4 Å². The summed E-state index contributed by atoms with van der Waals surface area (Å²) in [6.45, 7) is 4.61. The largest absolute Gasteiger partial charge is 0.398 e. The Morgan fingerprint density at radius 3 is 2.82 bits per heavy atom. The molecule has 0 bridgehead atoms. The molecule has 0 atom stereocenters. The first-order valence-electron chi connectivity index (χ1n) is 7.06. The smallest absolute Gasteiger partial charge is 0.0444 e. The van der Waals surface area contributed by atoms with Gasteiger partial charge >= 0.3 is 0 Å². The second kappa shape index (κ2) is 7.84. The first-order valence-corrected chi connectivity index (χ1v) is 7.85. The Kier molecular flexibility index (Phi) is 5.83. The van der Waals surface area contributed by atoms with Gasteiger partial charge < -0.3 is 5.73 Å². The molecular weight excluding hydrogens is 340 g/mol. The third-order valence-electron chi connectivity index (χ3n) is 3.06. The van der Waals surface area contributed by atoms with Gasteiger partial charge in [-0.25, -0.2) is 0 Å². The van der Waals surface area contributed by atoms with E-state index < -0.39 is 0 Å². The normalized spacial score (nSPS) is 12.0. The van der Waals surface area contributed by atoms with E-state index in [1.807, 2.05) is 44.2 Å². The van der Waals surface area contributed by atoms with Crippen LogP contribution in [0.15, 0.2) is 46.0 Å². The SMILES string of the molecule is Cc1cc(C(N)=CC=NCCc2cc(Br)cc(C)n2)ccn1. The van der Waals surface area contributed by atoms with Crippen molar-refractivity contribution in [3.8, 4) is 0 Å². The zero-order valence-corrected chi connectivity index (χ0v) is 14.3. The number of aliphatic imine (C=N–C) groups is 1. The van der Waals surface area contributed by atoms with Gasteiger partial charge in [0.15, 0.2) is 0 Å². The summed E-state index contributed by atoms with van der Waals surface area (Å²) in [6, 6.07) is 7.86. The molecule has 0 aliphatic heterocycles. The summed E-state index contributed by atoms with van der Waals surface area (Å²) in [5.74, 6) is 0. The third-order valence-corrected chi connectivity index (χ3v) is 3.52. The van der Waals surface area contributed by atoms with Gasteiger partial charge in [0.1, 0.15) is 0 Å². The highest BCUT2D eigenvalue weighted by atomic mass is 79.9. The van der Waals surface area contributed by atoms with Crippen molar-refractivity contribution in [3.05, 3.63) is 63.7 Å². The van der Waals surface area contributed by atoms with Gasteiger partial charge in [0, 0.05) is 58.2 Å². The number of nitrogens with zero attached hydrogens (tertiary/aromatic N) is 3. The van der Waals surface area contributed by atoms with E-state index in [9.17, 15) is 0 Å². The zero-order chi connectivity index (χ0) is 15.9. The second-order valence-corrected chi connectivity index (χ2v) is 5.95. The summed E-state index contributed by atoms with van der Waals surface area (Å²) in [4.78, 5) is 13.0. The lowest BCUT2D eigenvalue weighted by Gasteiger charge is -2.01. The lowest BCUT2D eigenvalue weighted by atomic mass is 10.2. The number of nitrogens with two attached hydrogens (primary N) is 1. The van der Waals surface area contributed by atoms with Crippen molar-refractivity contribution in [2.75, 3.05) is 6.54 Å². The van der Waals surface area contributed by atoms with Gasteiger partial charge in [-0.05, 0) is 44.2 Å². The molecule has 0 aliphatic rings. The maximum atomic E-state index is 6.02. The Balaban J connectivity index is 1.91. The number of halogens is 1. The van der Waals surface area contributed by atoms with E-state index in [0.29, 0.717) is 12.2 Å². The van der Waals surface area contributed by atoms with Gasteiger partial charge in [0.2, 0.25) is 0 Å². The quantitative estimate of drug-likeness (QED) is 0.832. The fourth-order valence-corrected chi connectivity index (χ4v) is 2.62. The highest BCUT2D eigenvalue weighted by Gasteiger charge is 1.98. The molecule has 0 aliphatic carbocycles. The molecule has 2 aromatic heterocycles. The van der Waals surface area contributed by atoms with Gasteiger partial charge in [-0.1, -0.05) is 15.9 Å². The molecular formula is C17H19BrN4. The maximum absolute atomic E-state index is 6.02. The Morgan fingerprint density at radius 1 is 1.27 bits per heavy atom. The zero-order valence-electron chi connectivity index (χ0n) is 12.8. The van der Waals surface area contributed by atoms with Crippen LogP contribution in [0.3, 0.4) is 0 Å². The Labute approximate surface area is 139 Å². The lowest BCUT2D eigenvalue weighted by molar-refractivity contribution is 0.914. The minimum atomic E-state index is 0.683. The molecule has 4 nitrogen and oxygen atoms in total. The fourth-order valence-electron chi connectivity index (χ4n) is 2.03. The van der Waals surface area contributed by atoms with E-state index in [2.05, 4.69) is 30.9 Å². The van der Waals surface area contributed by atoms with Crippen molar-refractivity contribution in [2.24, 2.45) is 10.7 Å². The number of hydrogen-bond donors (Lipinski definition) is 1. The summed E-state index contributed by atoms with van der Waals surface area (Å²) in [5.41, 5.74) is 10.7. The molecule has 0 saturated heterocycles. The van der Waals surface area contributed by atoms with Gasteiger partial charge in [-0.2, -0.15) is 0 Å². The molecule has 22 heavy (non-hydrogen) atoms. The van der Waals surface area contributed by atoms with Crippen LogP contribution in [-0.4, -0.2) is 22.7 Å². The van der Waals surface area contributed by atoms with Crippen LogP contribution in [0.25, 0.3) is 5.70 Å². The molecule has 0 fully saturated rings. The third kappa shape index (κ3) is 5.07. The maximum Gasteiger partial charge on any atom is 0.0444 e.